The zero-order chi connectivity index (χ0) is 60.1. The first-order valence-corrected chi connectivity index (χ1v) is 28.5. The molecule has 0 saturated heterocycles. The molecule has 8 aromatic rings. The molecule has 5 aromatic carbocycles. The van der Waals surface area contributed by atoms with Gasteiger partial charge in [0.25, 0.3) is 0 Å². The van der Waals surface area contributed by atoms with E-state index in [1.54, 1.807) is 28.4 Å². The summed E-state index contributed by atoms with van der Waals surface area (Å²) in [7, 11) is 6.79. The fourth-order valence-electron chi connectivity index (χ4n) is 10.4. The maximum Gasteiger partial charge on any atom is 0.213 e. The van der Waals surface area contributed by atoms with Crippen LogP contribution in [0.1, 0.15) is 189 Å². The Labute approximate surface area is 614 Å². The van der Waals surface area contributed by atoms with Crippen LogP contribution in [-0.4, -0.2) is 53.8 Å². The van der Waals surface area contributed by atoms with E-state index >= 15 is 0 Å². The van der Waals surface area contributed by atoms with Crippen molar-refractivity contribution in [3.8, 4) is 34.4 Å². The van der Waals surface area contributed by atoms with E-state index in [2.05, 4.69) is 232 Å². The smallest absolute Gasteiger partial charge is 0.213 e. The second kappa shape index (κ2) is 32.9. The average molecular weight is 1450 g/mol. The van der Waals surface area contributed by atoms with Crippen LogP contribution in [0.15, 0.2) is 109 Å². The minimum atomic E-state index is 0. The standard InChI is InChI=1S/C23H26NO.C18H24NO2.C17H22NO.C15H22N.4Y/c1-15(2)17-12-18-19(23(3,4)5)13-20(16-10-8-7-9-11-16)24-21(18)14-22(17)25-6;1-11(2)12-8-13-14(18(3,4)5)9-17(21-7)19-15(13)10-16(12)20-6;1-11(2)13-10-14-12(9-15(13)19-6)7-8-18-16(14)17(3,4)5;1-11(2)13-8-6-7-12-9-16(10-14(12)13)15(3,4)5;;;;/h7-14H,1-6H3;8-10H,1-7H3;7-10H,1-6H3;6-8H,9-10H2,1-5H3;;;;/q4*-1;;;;. The molecule has 4 heterocycles. The quantitative estimate of drug-likeness (QED) is 0.132. The molecule has 1 aliphatic heterocycles. The van der Waals surface area contributed by atoms with E-state index in [1.165, 1.54) is 67.6 Å². The van der Waals surface area contributed by atoms with Crippen LogP contribution in [0.2, 0.25) is 0 Å². The monoisotopic (exact) mass is 1450 g/mol. The number of aromatic nitrogens is 3. The fourth-order valence-corrected chi connectivity index (χ4v) is 10.4. The SMILES string of the molecule is COc1cc(C(C)(C)C)c2cc([C-](C)C)c(OC)cc2n1.COc1cc2ccnc(C(C)(C)C)c2cc1[C-](C)C.COc1cc2nc(-c3ccccc3)cc(C(C)(C)C)c2cc1[C-](C)C.C[C-](C)c1cccc2c1CN(C(C)(C)C)C2.[Y].[Y].[Y].[Y]. The molecule has 8 nitrogen and oxygen atoms in total. The molecule has 0 unspecified atom stereocenters. The summed E-state index contributed by atoms with van der Waals surface area (Å²) < 4.78 is 22.0. The number of nitrogens with zero attached hydrogens (tertiary/aromatic N) is 4. The predicted octanol–water partition coefficient (Wildman–Crippen LogP) is 18.9. The van der Waals surface area contributed by atoms with E-state index in [0.717, 1.165) is 80.4 Å². The number of hydrogen-bond donors (Lipinski definition) is 0. The van der Waals surface area contributed by atoms with Crippen LogP contribution >= 0.6 is 0 Å². The largest absolute Gasteiger partial charge is 0.554 e. The Bertz CT molecular complexity index is 3440. The molecule has 0 aliphatic carbocycles. The third-order valence-electron chi connectivity index (χ3n) is 15.0. The summed E-state index contributed by atoms with van der Waals surface area (Å²) in [6.45, 7) is 46.1. The van der Waals surface area contributed by atoms with Gasteiger partial charge in [0.2, 0.25) is 5.88 Å². The van der Waals surface area contributed by atoms with Gasteiger partial charge in [-0.2, -0.15) is 35.3 Å². The summed E-state index contributed by atoms with van der Waals surface area (Å²) in [6, 6.07) is 36.2. The second-order valence-electron chi connectivity index (χ2n) is 26.4. The molecule has 85 heavy (non-hydrogen) atoms. The molecule has 0 N–H and O–H groups in total. The number of pyridine rings is 3. The van der Waals surface area contributed by atoms with Crippen molar-refractivity contribution < 1.29 is 150 Å². The van der Waals surface area contributed by atoms with Crippen LogP contribution < -0.4 is 18.9 Å². The van der Waals surface area contributed by atoms with E-state index in [1.807, 2.05) is 30.5 Å². The fraction of sp³-hybridized carbons (Fsp3) is 0.411. The third kappa shape index (κ3) is 19.7. The van der Waals surface area contributed by atoms with Crippen molar-refractivity contribution >= 4 is 32.6 Å². The minimum Gasteiger partial charge on any atom is -0.554 e. The van der Waals surface area contributed by atoms with Crippen LogP contribution in [0.3, 0.4) is 0 Å². The van der Waals surface area contributed by atoms with Gasteiger partial charge in [0, 0.05) is 189 Å². The molecule has 0 fully saturated rings. The predicted molar refractivity (Wildman–Crippen MR) is 343 cm³/mol. The zero-order valence-corrected chi connectivity index (χ0v) is 67.4. The van der Waals surface area contributed by atoms with Gasteiger partial charge < -0.3 is 23.8 Å². The number of hydrogen-bond acceptors (Lipinski definition) is 8. The molecular weight excluding hydrogens is 1350 g/mol. The first kappa shape index (κ1) is 78.5. The van der Waals surface area contributed by atoms with Crippen LogP contribution in [0.25, 0.3) is 43.8 Å². The maximum absolute atomic E-state index is 5.62. The van der Waals surface area contributed by atoms with E-state index in [0.29, 0.717) is 5.88 Å². The maximum atomic E-state index is 5.62. The first-order valence-electron chi connectivity index (χ1n) is 28.5. The summed E-state index contributed by atoms with van der Waals surface area (Å²) in [6.07, 6.45) is 1.88. The Morgan fingerprint density at radius 3 is 1.33 bits per heavy atom. The number of benzene rings is 5. The molecule has 12 heteroatoms. The Hall–Kier alpha value is -2.61. The number of ether oxygens (including phenoxy) is 4. The van der Waals surface area contributed by atoms with Crippen LogP contribution in [0.5, 0.6) is 23.1 Å². The van der Waals surface area contributed by atoms with Gasteiger partial charge in [-0.3, -0.25) is 4.98 Å². The van der Waals surface area contributed by atoms with Crippen LogP contribution in [0.4, 0.5) is 0 Å². The van der Waals surface area contributed by atoms with E-state index < -0.39 is 0 Å². The van der Waals surface area contributed by atoms with Crippen molar-refractivity contribution in [2.45, 2.75) is 173 Å². The molecule has 0 spiro atoms. The van der Waals surface area contributed by atoms with Crippen molar-refractivity contribution in [1.29, 1.82) is 0 Å². The molecule has 9 rings (SSSR count). The number of fused-ring (bicyclic) bond motifs is 4. The van der Waals surface area contributed by atoms with E-state index in [4.69, 9.17) is 23.9 Å². The second-order valence-corrected chi connectivity index (χ2v) is 26.4. The summed E-state index contributed by atoms with van der Waals surface area (Å²) in [5.74, 6) is 8.44. The first-order chi connectivity index (χ1) is 37.8. The van der Waals surface area contributed by atoms with Gasteiger partial charge in [-0.05, 0) is 66.8 Å². The van der Waals surface area contributed by atoms with Crippen molar-refractivity contribution in [2.75, 3.05) is 28.4 Å². The summed E-state index contributed by atoms with van der Waals surface area (Å²) in [4.78, 5) is 16.6. The third-order valence-corrected chi connectivity index (χ3v) is 15.0. The molecule has 0 saturated carbocycles. The van der Waals surface area contributed by atoms with E-state index in [-0.39, 0.29) is 153 Å². The van der Waals surface area contributed by atoms with Crippen LogP contribution in [-0.2, 0) is 160 Å². The van der Waals surface area contributed by atoms with Crippen LogP contribution in [0, 0.1) is 23.7 Å². The summed E-state index contributed by atoms with van der Waals surface area (Å²) >= 11 is 0. The number of methoxy groups -OCH3 is 4. The molecule has 0 atom stereocenters. The molecule has 4 radical (unpaired) electrons. The van der Waals surface area contributed by atoms with Crippen molar-refractivity contribution in [2.24, 2.45) is 0 Å². The van der Waals surface area contributed by atoms with Gasteiger partial charge in [-0.1, -0.05) is 194 Å². The molecule has 1 aliphatic rings. The van der Waals surface area contributed by atoms with Gasteiger partial charge >= 0.3 is 0 Å². The molecule has 3 aromatic heterocycles. The normalized spacial score (nSPS) is 12.0. The minimum absolute atomic E-state index is 0. The van der Waals surface area contributed by atoms with Gasteiger partial charge in [0.1, 0.15) is 0 Å². The van der Waals surface area contributed by atoms with Gasteiger partial charge in [0.15, 0.2) is 0 Å². The zero-order valence-electron chi connectivity index (χ0n) is 56.0. The average Bonchev–Trinajstić information content (AvgIpc) is 3.88. The molecule has 446 valence electrons. The Kier molecular flexibility index (Phi) is 30.4. The topological polar surface area (TPSA) is 78.8 Å². The molecule has 0 amide bonds. The van der Waals surface area contributed by atoms with Gasteiger partial charge in [-0.15, -0.1) is 46.5 Å². The molecule has 0 bridgehead atoms. The van der Waals surface area contributed by atoms with Gasteiger partial charge in [-0.25, -0.2) is 9.97 Å². The summed E-state index contributed by atoms with van der Waals surface area (Å²) in [5.41, 5.74) is 16.0. The molecular formula is C73H94N4O4Y4-4. The van der Waals surface area contributed by atoms with Crippen molar-refractivity contribution in [1.82, 2.24) is 19.9 Å². The number of rotatable bonds is 9. The van der Waals surface area contributed by atoms with E-state index in [9.17, 15) is 0 Å². The Morgan fingerprint density at radius 1 is 0.435 bits per heavy atom. The van der Waals surface area contributed by atoms with Crippen molar-refractivity contribution in [3.63, 3.8) is 0 Å². The summed E-state index contributed by atoms with van der Waals surface area (Å²) in [5, 5.41) is 4.75. The van der Waals surface area contributed by atoms with Gasteiger partial charge in [0.05, 0.1) is 45.2 Å². The Morgan fingerprint density at radius 2 is 0.894 bits per heavy atom. The van der Waals surface area contributed by atoms with Crippen molar-refractivity contribution in [3.05, 3.63) is 183 Å². The Balaban J connectivity index is 0.000000385.